The highest BCUT2D eigenvalue weighted by atomic mass is 35.5. The Hall–Kier alpha value is -1.02. The number of nitrogens with zero attached hydrogens (tertiary/aromatic N) is 1. The molecule has 2 N–H and O–H groups in total. The van der Waals surface area contributed by atoms with Gasteiger partial charge in [0.1, 0.15) is 23.3 Å². The second kappa shape index (κ2) is 9.97. The Labute approximate surface area is 146 Å². The Bertz CT molecular complexity index is 464. The highest BCUT2D eigenvalue weighted by molar-refractivity contribution is 5.85. The third kappa shape index (κ3) is 4.97. The molecule has 1 aliphatic heterocycles. The maximum Gasteiger partial charge on any atom is 0.258 e. The summed E-state index contributed by atoms with van der Waals surface area (Å²) < 4.78 is 37.7. The second-order valence-corrected chi connectivity index (χ2v) is 4.83. The highest BCUT2D eigenvalue weighted by Gasteiger charge is 2.35. The minimum atomic E-state index is -2.59. The third-order valence-electron chi connectivity index (χ3n) is 3.61. The van der Waals surface area contributed by atoms with Gasteiger partial charge in [-0.15, -0.1) is 24.8 Å². The zero-order chi connectivity index (χ0) is 15.4. The lowest BCUT2D eigenvalue weighted by Gasteiger charge is -2.35. The van der Waals surface area contributed by atoms with Gasteiger partial charge >= 0.3 is 0 Å². The van der Waals surface area contributed by atoms with Gasteiger partial charge in [0, 0.05) is 38.3 Å². The van der Waals surface area contributed by atoms with Crippen molar-refractivity contribution < 1.29 is 23.4 Å². The van der Waals surface area contributed by atoms with Gasteiger partial charge in [0.15, 0.2) is 0 Å². The van der Waals surface area contributed by atoms with Crippen molar-refractivity contribution in [1.29, 1.82) is 0 Å². The third-order valence-corrected chi connectivity index (χ3v) is 3.61. The zero-order valence-corrected chi connectivity index (χ0v) is 14.6. The summed E-state index contributed by atoms with van der Waals surface area (Å²) in [7, 11) is 2.77. The van der Waals surface area contributed by atoms with Gasteiger partial charge in [-0.05, 0) is 0 Å². The van der Waals surface area contributed by atoms with Crippen LogP contribution < -0.4 is 14.8 Å². The van der Waals surface area contributed by atoms with Crippen molar-refractivity contribution in [3.05, 3.63) is 17.7 Å². The number of alkyl halides is 2. The molecule has 9 heteroatoms. The number of nitrogens with one attached hydrogen (secondary N) is 1. The molecule has 0 bridgehead atoms. The molecule has 1 atom stereocenters. The summed E-state index contributed by atoms with van der Waals surface area (Å²) in [5.74, 6) is 0.326. The molecule has 1 aromatic carbocycles. The summed E-state index contributed by atoms with van der Waals surface area (Å²) in [5, 5.41) is 12.8. The number of phenolic OH excluding ortho intramolecular Hbond substituents is 1. The molecule has 1 heterocycles. The van der Waals surface area contributed by atoms with Crippen LogP contribution in [0.4, 0.5) is 8.78 Å². The van der Waals surface area contributed by atoms with Crippen molar-refractivity contribution in [2.75, 3.05) is 40.4 Å². The SMILES string of the molecule is COc1cc(O)cc(OC)c1[C@H](C(F)F)N1CCNCC1.Cl.Cl. The fourth-order valence-electron chi connectivity index (χ4n) is 2.64. The minimum absolute atomic E-state index is 0. The van der Waals surface area contributed by atoms with Gasteiger partial charge in [0.2, 0.25) is 0 Å². The van der Waals surface area contributed by atoms with E-state index in [-0.39, 0.29) is 47.6 Å². The van der Waals surface area contributed by atoms with E-state index in [2.05, 4.69) is 5.32 Å². The van der Waals surface area contributed by atoms with Crippen LogP contribution in [-0.2, 0) is 0 Å². The summed E-state index contributed by atoms with van der Waals surface area (Å²) >= 11 is 0. The molecule has 0 aliphatic carbocycles. The zero-order valence-electron chi connectivity index (χ0n) is 12.9. The van der Waals surface area contributed by atoms with E-state index in [0.29, 0.717) is 26.2 Å². The van der Waals surface area contributed by atoms with Gasteiger partial charge in [-0.25, -0.2) is 8.78 Å². The molecule has 0 spiro atoms. The standard InChI is InChI=1S/C14H20F2N2O3.2ClH/c1-20-10-7-9(19)8-11(21-2)12(10)13(14(15)16)18-5-3-17-4-6-18;;/h7-8,13-14,17,19H,3-6H2,1-2H3;2*1H/t13-;;/m1../s1. The minimum Gasteiger partial charge on any atom is -0.508 e. The maximum atomic E-state index is 13.7. The number of halogens is 4. The molecule has 2 rings (SSSR count). The van der Waals surface area contributed by atoms with Crippen molar-refractivity contribution in [1.82, 2.24) is 10.2 Å². The Morgan fingerprint density at radius 1 is 1.09 bits per heavy atom. The van der Waals surface area contributed by atoms with Crippen LogP contribution in [0.5, 0.6) is 17.2 Å². The number of benzene rings is 1. The summed E-state index contributed by atoms with van der Waals surface area (Å²) in [6, 6.07) is 1.53. The first kappa shape index (κ1) is 22.0. The number of piperazine rings is 1. The lowest BCUT2D eigenvalue weighted by molar-refractivity contribution is 0.0158. The predicted octanol–water partition coefficient (Wildman–Crippen LogP) is 2.46. The molecule has 0 saturated carbocycles. The van der Waals surface area contributed by atoms with Crippen LogP contribution in [0.15, 0.2) is 12.1 Å². The lowest BCUT2D eigenvalue weighted by atomic mass is 10.0. The summed E-state index contributed by atoms with van der Waals surface area (Å²) in [6.45, 7) is 2.35. The fraction of sp³-hybridized carbons (Fsp3) is 0.571. The Morgan fingerprint density at radius 3 is 1.96 bits per heavy atom. The van der Waals surface area contributed by atoms with E-state index in [9.17, 15) is 13.9 Å². The quantitative estimate of drug-likeness (QED) is 0.828. The van der Waals surface area contributed by atoms with Crippen LogP contribution in [0.1, 0.15) is 11.6 Å². The number of hydrogen-bond donors (Lipinski definition) is 2. The molecule has 134 valence electrons. The first-order valence-corrected chi connectivity index (χ1v) is 6.76. The Morgan fingerprint density at radius 2 is 1.57 bits per heavy atom. The number of methoxy groups -OCH3 is 2. The largest absolute Gasteiger partial charge is 0.508 e. The maximum absolute atomic E-state index is 13.7. The van der Waals surface area contributed by atoms with E-state index in [1.165, 1.54) is 26.4 Å². The van der Waals surface area contributed by atoms with E-state index < -0.39 is 12.5 Å². The van der Waals surface area contributed by atoms with Gasteiger partial charge < -0.3 is 19.9 Å². The first-order chi connectivity index (χ1) is 10.1. The number of phenols is 1. The highest BCUT2D eigenvalue weighted by Crippen LogP contribution is 2.42. The van der Waals surface area contributed by atoms with E-state index in [4.69, 9.17) is 9.47 Å². The van der Waals surface area contributed by atoms with Crippen molar-refractivity contribution >= 4 is 24.8 Å². The molecule has 23 heavy (non-hydrogen) atoms. The second-order valence-electron chi connectivity index (χ2n) is 4.83. The molecule has 0 unspecified atom stereocenters. The van der Waals surface area contributed by atoms with Gasteiger partial charge in [-0.1, -0.05) is 0 Å². The van der Waals surface area contributed by atoms with E-state index in [1.807, 2.05) is 0 Å². The van der Waals surface area contributed by atoms with Crippen molar-refractivity contribution in [2.24, 2.45) is 0 Å². The molecule has 0 amide bonds. The van der Waals surface area contributed by atoms with Crippen molar-refractivity contribution in [3.63, 3.8) is 0 Å². The molecular weight excluding hydrogens is 353 g/mol. The van der Waals surface area contributed by atoms with Crippen LogP contribution in [0.2, 0.25) is 0 Å². The number of rotatable bonds is 5. The fourth-order valence-corrected chi connectivity index (χ4v) is 2.64. The van der Waals surface area contributed by atoms with Crippen LogP contribution >= 0.6 is 24.8 Å². The molecule has 1 saturated heterocycles. The smallest absolute Gasteiger partial charge is 0.258 e. The van der Waals surface area contributed by atoms with Gasteiger partial charge in [0.05, 0.1) is 19.8 Å². The van der Waals surface area contributed by atoms with E-state index >= 15 is 0 Å². The molecule has 1 aliphatic rings. The summed E-state index contributed by atoms with van der Waals surface area (Å²) in [5.41, 5.74) is 0.273. The van der Waals surface area contributed by atoms with Crippen molar-refractivity contribution in [3.8, 4) is 17.2 Å². The first-order valence-electron chi connectivity index (χ1n) is 6.76. The summed E-state index contributed by atoms with van der Waals surface area (Å²) in [4.78, 5) is 1.71. The number of hydrogen-bond acceptors (Lipinski definition) is 5. The van der Waals surface area contributed by atoms with Crippen LogP contribution in [0.3, 0.4) is 0 Å². The monoisotopic (exact) mass is 374 g/mol. The van der Waals surface area contributed by atoms with Gasteiger partial charge in [-0.3, -0.25) is 4.90 Å². The molecule has 0 aromatic heterocycles. The normalized spacial score (nSPS) is 16.2. The van der Waals surface area contributed by atoms with Gasteiger partial charge in [0.25, 0.3) is 6.43 Å². The summed E-state index contributed by atoms with van der Waals surface area (Å²) in [6.07, 6.45) is -2.59. The van der Waals surface area contributed by atoms with Crippen LogP contribution in [0, 0.1) is 0 Å². The number of aromatic hydroxyl groups is 1. The predicted molar refractivity (Wildman–Crippen MR) is 88.9 cm³/mol. The lowest BCUT2D eigenvalue weighted by Crippen LogP contribution is -2.47. The van der Waals surface area contributed by atoms with E-state index in [1.54, 1.807) is 4.90 Å². The van der Waals surface area contributed by atoms with E-state index in [0.717, 1.165) is 0 Å². The average molecular weight is 375 g/mol. The van der Waals surface area contributed by atoms with Crippen molar-refractivity contribution in [2.45, 2.75) is 12.5 Å². The molecule has 1 fully saturated rings. The van der Waals surface area contributed by atoms with Gasteiger partial charge in [-0.2, -0.15) is 0 Å². The Balaban J connectivity index is 0.00000242. The van der Waals surface area contributed by atoms with Crippen LogP contribution in [-0.4, -0.2) is 56.8 Å². The number of ether oxygens (including phenoxy) is 2. The topological polar surface area (TPSA) is 54.0 Å². The average Bonchev–Trinajstić information content (AvgIpc) is 2.49. The molecular formula is C14H22Cl2F2N2O3. The molecule has 5 nitrogen and oxygen atoms in total. The van der Waals surface area contributed by atoms with Crippen LogP contribution in [0.25, 0.3) is 0 Å². The molecule has 1 aromatic rings. The Kier molecular flexibility index (Phi) is 9.53. The molecule has 0 radical (unpaired) electrons.